The Morgan fingerprint density at radius 2 is 1.88 bits per heavy atom. The molecule has 0 unspecified atom stereocenters. The molecule has 2 heteroatoms. The van der Waals surface area contributed by atoms with Crippen LogP contribution in [-0.2, 0) is 0 Å². The highest BCUT2D eigenvalue weighted by molar-refractivity contribution is 4.91. The highest BCUT2D eigenvalue weighted by atomic mass is 15.2. The van der Waals surface area contributed by atoms with Gasteiger partial charge in [-0.05, 0) is 43.6 Å². The molecule has 0 aromatic rings. The Kier molecular flexibility index (Phi) is 3.91. The van der Waals surface area contributed by atoms with Gasteiger partial charge >= 0.3 is 0 Å². The molecule has 0 spiro atoms. The molecule has 2 aliphatic carbocycles. The van der Waals surface area contributed by atoms with Crippen molar-refractivity contribution in [2.75, 3.05) is 26.2 Å². The van der Waals surface area contributed by atoms with Gasteiger partial charge in [0.2, 0.25) is 0 Å². The number of nitrogens with one attached hydrogen (secondary N) is 1. The van der Waals surface area contributed by atoms with Gasteiger partial charge in [-0.3, -0.25) is 4.90 Å². The highest BCUT2D eigenvalue weighted by Gasteiger charge is 2.36. The molecule has 1 N–H and O–H groups in total. The molecule has 2 fully saturated rings. The summed E-state index contributed by atoms with van der Waals surface area (Å²) >= 11 is 0. The summed E-state index contributed by atoms with van der Waals surface area (Å²) in [4.78, 5) is 2.77. The molecule has 0 amide bonds. The molecule has 2 saturated carbocycles. The van der Waals surface area contributed by atoms with Gasteiger partial charge in [-0.1, -0.05) is 20.8 Å². The first-order valence-corrected chi connectivity index (χ1v) is 7.05. The van der Waals surface area contributed by atoms with Crippen LogP contribution in [0.25, 0.3) is 0 Å². The van der Waals surface area contributed by atoms with Crippen molar-refractivity contribution >= 4 is 0 Å². The van der Waals surface area contributed by atoms with Crippen molar-refractivity contribution in [2.24, 2.45) is 11.3 Å². The maximum Gasteiger partial charge on any atom is 0.00967 e. The molecule has 2 nitrogen and oxygen atoms in total. The van der Waals surface area contributed by atoms with E-state index in [4.69, 9.17) is 0 Å². The van der Waals surface area contributed by atoms with E-state index in [1.165, 1.54) is 38.8 Å². The lowest BCUT2D eigenvalue weighted by Crippen LogP contribution is -2.42. The zero-order chi connectivity index (χ0) is 11.6. The van der Waals surface area contributed by atoms with Gasteiger partial charge in [-0.25, -0.2) is 0 Å². The maximum absolute atomic E-state index is 3.50. The lowest BCUT2D eigenvalue weighted by Gasteiger charge is -2.33. The van der Waals surface area contributed by atoms with Crippen LogP contribution < -0.4 is 5.32 Å². The largest absolute Gasteiger partial charge is 0.316 e. The summed E-state index contributed by atoms with van der Waals surface area (Å²) in [5, 5.41) is 3.50. The first-order valence-electron chi connectivity index (χ1n) is 7.05. The zero-order valence-electron chi connectivity index (χ0n) is 11.3. The second-order valence-electron chi connectivity index (χ2n) is 6.55. The Morgan fingerprint density at radius 3 is 2.38 bits per heavy atom. The Balaban J connectivity index is 1.78. The molecule has 0 aliphatic heterocycles. The minimum Gasteiger partial charge on any atom is -0.316 e. The SMILES string of the molecule is CCNCC(C)(C)CN(CC1CC1)C1CC1. The van der Waals surface area contributed by atoms with Crippen molar-refractivity contribution in [1.82, 2.24) is 10.2 Å². The fourth-order valence-electron chi connectivity index (χ4n) is 2.48. The minimum absolute atomic E-state index is 0.424. The van der Waals surface area contributed by atoms with Crippen LogP contribution in [0.5, 0.6) is 0 Å². The predicted octanol–water partition coefficient (Wildman–Crippen LogP) is 2.50. The van der Waals surface area contributed by atoms with E-state index in [-0.39, 0.29) is 0 Å². The molecule has 0 aromatic heterocycles. The molecule has 0 atom stereocenters. The van der Waals surface area contributed by atoms with Gasteiger partial charge in [0.05, 0.1) is 0 Å². The van der Waals surface area contributed by atoms with Gasteiger partial charge in [0.15, 0.2) is 0 Å². The summed E-state index contributed by atoms with van der Waals surface area (Å²) in [5.41, 5.74) is 0.424. The maximum atomic E-state index is 3.50. The third kappa shape index (κ3) is 4.06. The van der Waals surface area contributed by atoms with Crippen LogP contribution in [0.15, 0.2) is 0 Å². The monoisotopic (exact) mass is 224 g/mol. The standard InChI is InChI=1S/C14H28N2/c1-4-15-10-14(2,3)11-16(13-7-8-13)9-12-5-6-12/h12-13,15H,4-11H2,1-3H3. The van der Waals surface area contributed by atoms with Gasteiger partial charge in [-0.2, -0.15) is 0 Å². The first kappa shape index (κ1) is 12.4. The van der Waals surface area contributed by atoms with Crippen molar-refractivity contribution < 1.29 is 0 Å². The lowest BCUT2D eigenvalue weighted by molar-refractivity contribution is 0.161. The van der Waals surface area contributed by atoms with E-state index in [0.29, 0.717) is 5.41 Å². The normalized spacial score (nSPS) is 21.8. The average Bonchev–Trinajstić information content (AvgIpc) is 3.03. The second kappa shape index (κ2) is 5.05. The first-order chi connectivity index (χ1) is 7.61. The molecule has 0 aromatic carbocycles. The summed E-state index contributed by atoms with van der Waals surface area (Å²) in [5.74, 6) is 1.04. The molecule has 0 saturated heterocycles. The fourth-order valence-corrected chi connectivity index (χ4v) is 2.48. The van der Waals surface area contributed by atoms with Crippen LogP contribution in [0, 0.1) is 11.3 Å². The summed E-state index contributed by atoms with van der Waals surface area (Å²) < 4.78 is 0. The van der Waals surface area contributed by atoms with E-state index >= 15 is 0 Å². The topological polar surface area (TPSA) is 15.3 Å². The fraction of sp³-hybridized carbons (Fsp3) is 1.00. The highest BCUT2D eigenvalue weighted by Crippen LogP contribution is 2.36. The predicted molar refractivity (Wildman–Crippen MR) is 69.6 cm³/mol. The molecule has 94 valence electrons. The number of nitrogens with zero attached hydrogens (tertiary/aromatic N) is 1. The average molecular weight is 224 g/mol. The molecule has 0 radical (unpaired) electrons. The Morgan fingerprint density at radius 1 is 1.19 bits per heavy atom. The Bertz CT molecular complexity index is 217. The molecule has 16 heavy (non-hydrogen) atoms. The van der Waals surface area contributed by atoms with E-state index in [2.05, 4.69) is 31.0 Å². The zero-order valence-corrected chi connectivity index (χ0v) is 11.3. The van der Waals surface area contributed by atoms with Crippen LogP contribution in [0.3, 0.4) is 0 Å². The van der Waals surface area contributed by atoms with Gasteiger partial charge < -0.3 is 5.32 Å². The van der Waals surface area contributed by atoms with E-state index in [1.807, 2.05) is 0 Å². The Labute approximate surface area is 101 Å². The Hall–Kier alpha value is -0.0800. The van der Waals surface area contributed by atoms with E-state index in [1.54, 1.807) is 0 Å². The molecule has 2 aliphatic rings. The summed E-state index contributed by atoms with van der Waals surface area (Å²) in [7, 11) is 0. The van der Waals surface area contributed by atoms with Crippen LogP contribution in [0.2, 0.25) is 0 Å². The summed E-state index contributed by atoms with van der Waals surface area (Å²) in [6.07, 6.45) is 5.86. The van der Waals surface area contributed by atoms with Crippen LogP contribution in [0.4, 0.5) is 0 Å². The molecule has 0 bridgehead atoms. The van der Waals surface area contributed by atoms with Gasteiger partial charge in [0.1, 0.15) is 0 Å². The molecule has 2 rings (SSSR count). The van der Waals surface area contributed by atoms with E-state index in [0.717, 1.165) is 25.0 Å². The van der Waals surface area contributed by atoms with Gasteiger partial charge in [-0.15, -0.1) is 0 Å². The lowest BCUT2D eigenvalue weighted by atomic mass is 9.92. The van der Waals surface area contributed by atoms with Crippen LogP contribution in [-0.4, -0.2) is 37.1 Å². The van der Waals surface area contributed by atoms with Crippen molar-refractivity contribution in [1.29, 1.82) is 0 Å². The number of rotatable bonds is 8. The van der Waals surface area contributed by atoms with Gasteiger partial charge in [0.25, 0.3) is 0 Å². The van der Waals surface area contributed by atoms with E-state index in [9.17, 15) is 0 Å². The minimum atomic E-state index is 0.424. The van der Waals surface area contributed by atoms with Crippen molar-refractivity contribution in [3.05, 3.63) is 0 Å². The summed E-state index contributed by atoms with van der Waals surface area (Å²) in [6, 6.07) is 0.932. The molecular weight excluding hydrogens is 196 g/mol. The van der Waals surface area contributed by atoms with Crippen molar-refractivity contribution in [3.8, 4) is 0 Å². The second-order valence-corrected chi connectivity index (χ2v) is 6.55. The quantitative estimate of drug-likeness (QED) is 0.681. The van der Waals surface area contributed by atoms with Crippen LogP contribution in [0.1, 0.15) is 46.5 Å². The number of hydrogen-bond acceptors (Lipinski definition) is 2. The third-order valence-electron chi connectivity index (χ3n) is 3.74. The summed E-state index contributed by atoms with van der Waals surface area (Å²) in [6.45, 7) is 11.9. The molecule has 0 heterocycles. The third-order valence-corrected chi connectivity index (χ3v) is 3.74. The van der Waals surface area contributed by atoms with Crippen LogP contribution >= 0.6 is 0 Å². The molecular formula is C14H28N2. The number of hydrogen-bond donors (Lipinski definition) is 1. The smallest absolute Gasteiger partial charge is 0.00967 e. The van der Waals surface area contributed by atoms with E-state index < -0.39 is 0 Å². The van der Waals surface area contributed by atoms with Crippen molar-refractivity contribution in [3.63, 3.8) is 0 Å². The van der Waals surface area contributed by atoms with Crippen molar-refractivity contribution in [2.45, 2.75) is 52.5 Å². The van der Waals surface area contributed by atoms with Gasteiger partial charge in [0, 0.05) is 25.7 Å².